The van der Waals surface area contributed by atoms with Crippen LogP contribution in [0, 0.1) is 5.92 Å². The van der Waals surface area contributed by atoms with Crippen LogP contribution in [0.25, 0.3) is 0 Å². The van der Waals surface area contributed by atoms with Crippen LogP contribution in [-0.2, 0) is 11.2 Å². The number of rotatable bonds is 2. The van der Waals surface area contributed by atoms with E-state index in [9.17, 15) is 4.79 Å². The second kappa shape index (κ2) is 5.17. The SMILES string of the molecule is CCC(=O)NC1c2cncc(Br)c2CCC1C. The molecule has 1 aliphatic carbocycles. The van der Waals surface area contributed by atoms with Crippen molar-refractivity contribution in [1.29, 1.82) is 0 Å². The molecule has 2 rings (SSSR count). The Kier molecular flexibility index (Phi) is 3.82. The van der Waals surface area contributed by atoms with E-state index in [1.54, 1.807) is 0 Å². The third-order valence-corrected chi connectivity index (χ3v) is 4.11. The van der Waals surface area contributed by atoms with Gasteiger partial charge in [-0.3, -0.25) is 9.78 Å². The predicted octanol–water partition coefficient (Wildman–Crippen LogP) is 2.99. The van der Waals surface area contributed by atoms with Gasteiger partial charge in [0.2, 0.25) is 5.91 Å². The van der Waals surface area contributed by atoms with Gasteiger partial charge in [0.1, 0.15) is 0 Å². The fourth-order valence-corrected chi connectivity index (χ4v) is 2.89. The fourth-order valence-electron chi connectivity index (χ4n) is 2.35. The molecule has 2 unspecified atom stereocenters. The number of nitrogens with one attached hydrogen (secondary N) is 1. The molecular formula is C13H17BrN2O. The zero-order chi connectivity index (χ0) is 12.4. The molecule has 0 bridgehead atoms. The zero-order valence-electron chi connectivity index (χ0n) is 10.2. The fraction of sp³-hybridized carbons (Fsp3) is 0.538. The highest BCUT2D eigenvalue weighted by Crippen LogP contribution is 2.36. The summed E-state index contributed by atoms with van der Waals surface area (Å²) in [6.07, 6.45) is 6.40. The monoisotopic (exact) mass is 296 g/mol. The van der Waals surface area contributed by atoms with Gasteiger partial charge in [0.05, 0.1) is 6.04 Å². The number of hydrogen-bond acceptors (Lipinski definition) is 2. The Morgan fingerprint density at radius 3 is 3.06 bits per heavy atom. The number of hydrogen-bond donors (Lipinski definition) is 1. The van der Waals surface area contributed by atoms with Crippen LogP contribution < -0.4 is 5.32 Å². The molecule has 0 aromatic carbocycles. The molecule has 0 radical (unpaired) electrons. The lowest BCUT2D eigenvalue weighted by Crippen LogP contribution is -2.35. The Labute approximate surface area is 110 Å². The van der Waals surface area contributed by atoms with Crippen LogP contribution in [0.15, 0.2) is 16.9 Å². The number of carbonyl (C=O) groups excluding carboxylic acids is 1. The Morgan fingerprint density at radius 2 is 2.35 bits per heavy atom. The van der Waals surface area contributed by atoms with Crippen LogP contribution in [0.5, 0.6) is 0 Å². The van der Waals surface area contributed by atoms with Crippen molar-refractivity contribution >= 4 is 21.8 Å². The highest BCUT2D eigenvalue weighted by atomic mass is 79.9. The van der Waals surface area contributed by atoms with Gasteiger partial charge in [-0.1, -0.05) is 13.8 Å². The summed E-state index contributed by atoms with van der Waals surface area (Å²) in [7, 11) is 0. The number of halogens is 1. The van der Waals surface area contributed by atoms with E-state index < -0.39 is 0 Å². The summed E-state index contributed by atoms with van der Waals surface area (Å²) in [4.78, 5) is 15.8. The van der Waals surface area contributed by atoms with E-state index in [-0.39, 0.29) is 11.9 Å². The lowest BCUT2D eigenvalue weighted by molar-refractivity contribution is -0.121. The summed E-state index contributed by atoms with van der Waals surface area (Å²) in [6, 6.07) is 0.108. The minimum atomic E-state index is 0.106. The molecule has 2 atom stereocenters. The maximum absolute atomic E-state index is 11.6. The van der Waals surface area contributed by atoms with E-state index in [2.05, 4.69) is 33.2 Å². The summed E-state index contributed by atoms with van der Waals surface area (Å²) in [6.45, 7) is 4.06. The van der Waals surface area contributed by atoms with Gasteiger partial charge in [-0.2, -0.15) is 0 Å². The third kappa shape index (κ3) is 2.51. The Balaban J connectivity index is 2.33. The van der Waals surface area contributed by atoms with Crippen molar-refractivity contribution < 1.29 is 4.79 Å². The first-order valence-electron chi connectivity index (χ1n) is 6.05. The van der Waals surface area contributed by atoms with Crippen LogP contribution >= 0.6 is 15.9 Å². The van der Waals surface area contributed by atoms with E-state index in [4.69, 9.17) is 0 Å². The molecule has 1 heterocycles. The number of nitrogens with zero attached hydrogens (tertiary/aromatic N) is 1. The van der Waals surface area contributed by atoms with Gasteiger partial charge in [-0.25, -0.2) is 0 Å². The minimum absolute atomic E-state index is 0.106. The maximum atomic E-state index is 11.6. The minimum Gasteiger partial charge on any atom is -0.349 e. The summed E-state index contributed by atoms with van der Waals surface area (Å²) in [5.41, 5.74) is 2.46. The second-order valence-electron chi connectivity index (χ2n) is 4.60. The summed E-state index contributed by atoms with van der Waals surface area (Å²) in [5.74, 6) is 0.573. The molecule has 0 spiro atoms. The van der Waals surface area contributed by atoms with Gasteiger partial charge >= 0.3 is 0 Å². The molecule has 1 aliphatic rings. The molecule has 1 N–H and O–H groups in total. The molecule has 1 amide bonds. The Hall–Kier alpha value is -0.900. The normalized spacial score (nSPS) is 23.0. The first-order valence-corrected chi connectivity index (χ1v) is 6.84. The standard InChI is InChI=1S/C13H17BrN2O/c1-3-12(17)16-13-8(2)4-5-9-10(13)6-15-7-11(9)14/h6-8,13H,3-5H2,1-2H3,(H,16,17). The molecule has 1 aromatic heterocycles. The van der Waals surface area contributed by atoms with Gasteiger partial charge in [-0.15, -0.1) is 0 Å². The predicted molar refractivity (Wildman–Crippen MR) is 70.6 cm³/mol. The van der Waals surface area contributed by atoms with E-state index >= 15 is 0 Å². The quantitative estimate of drug-likeness (QED) is 0.912. The molecule has 92 valence electrons. The van der Waals surface area contributed by atoms with Gasteiger partial charge in [-0.05, 0) is 45.8 Å². The molecular weight excluding hydrogens is 280 g/mol. The Bertz CT molecular complexity index is 433. The van der Waals surface area contributed by atoms with Crippen molar-refractivity contribution in [3.8, 4) is 0 Å². The molecule has 0 aliphatic heterocycles. The number of pyridine rings is 1. The van der Waals surface area contributed by atoms with Crippen LogP contribution in [0.1, 0.15) is 43.9 Å². The van der Waals surface area contributed by atoms with Gasteiger partial charge in [0.15, 0.2) is 0 Å². The third-order valence-electron chi connectivity index (χ3n) is 3.43. The number of amides is 1. The first kappa shape index (κ1) is 12.6. The molecule has 0 saturated heterocycles. The topological polar surface area (TPSA) is 42.0 Å². The molecule has 0 fully saturated rings. The second-order valence-corrected chi connectivity index (χ2v) is 5.46. The van der Waals surface area contributed by atoms with Gasteiger partial charge in [0.25, 0.3) is 0 Å². The lowest BCUT2D eigenvalue weighted by atomic mass is 9.81. The Morgan fingerprint density at radius 1 is 1.59 bits per heavy atom. The van der Waals surface area contributed by atoms with Gasteiger partial charge in [0, 0.05) is 23.3 Å². The molecule has 3 nitrogen and oxygen atoms in total. The van der Waals surface area contributed by atoms with Crippen molar-refractivity contribution in [1.82, 2.24) is 10.3 Å². The molecule has 1 aromatic rings. The van der Waals surface area contributed by atoms with Crippen LogP contribution in [-0.4, -0.2) is 10.9 Å². The first-order chi connectivity index (χ1) is 8.13. The van der Waals surface area contributed by atoms with Crippen molar-refractivity contribution in [3.05, 3.63) is 28.0 Å². The van der Waals surface area contributed by atoms with Gasteiger partial charge < -0.3 is 5.32 Å². The maximum Gasteiger partial charge on any atom is 0.220 e. The average molecular weight is 297 g/mol. The summed E-state index contributed by atoms with van der Waals surface area (Å²) in [5, 5.41) is 3.10. The average Bonchev–Trinajstić information content (AvgIpc) is 2.33. The van der Waals surface area contributed by atoms with Crippen molar-refractivity contribution in [2.24, 2.45) is 5.92 Å². The van der Waals surface area contributed by atoms with Crippen molar-refractivity contribution in [3.63, 3.8) is 0 Å². The van der Waals surface area contributed by atoms with Crippen molar-refractivity contribution in [2.75, 3.05) is 0 Å². The number of carbonyl (C=O) groups is 1. The highest BCUT2D eigenvalue weighted by Gasteiger charge is 2.28. The largest absolute Gasteiger partial charge is 0.349 e. The molecule has 17 heavy (non-hydrogen) atoms. The van der Waals surface area contributed by atoms with E-state index in [0.29, 0.717) is 12.3 Å². The van der Waals surface area contributed by atoms with E-state index in [0.717, 1.165) is 17.3 Å². The van der Waals surface area contributed by atoms with Crippen LogP contribution in [0.3, 0.4) is 0 Å². The lowest BCUT2D eigenvalue weighted by Gasteiger charge is -2.32. The summed E-state index contributed by atoms with van der Waals surface area (Å²) < 4.78 is 1.05. The highest BCUT2D eigenvalue weighted by molar-refractivity contribution is 9.10. The molecule has 0 saturated carbocycles. The van der Waals surface area contributed by atoms with E-state index in [1.165, 1.54) is 11.1 Å². The van der Waals surface area contributed by atoms with Crippen LogP contribution in [0.4, 0.5) is 0 Å². The van der Waals surface area contributed by atoms with Crippen molar-refractivity contribution in [2.45, 2.75) is 39.2 Å². The zero-order valence-corrected chi connectivity index (χ0v) is 11.8. The van der Waals surface area contributed by atoms with E-state index in [1.807, 2.05) is 19.3 Å². The number of fused-ring (bicyclic) bond motifs is 1. The number of aromatic nitrogens is 1. The van der Waals surface area contributed by atoms with Crippen LogP contribution in [0.2, 0.25) is 0 Å². The summed E-state index contributed by atoms with van der Waals surface area (Å²) >= 11 is 3.54. The smallest absolute Gasteiger partial charge is 0.220 e. The molecule has 4 heteroatoms.